The van der Waals surface area contributed by atoms with Crippen LogP contribution in [0.4, 0.5) is 5.95 Å². The van der Waals surface area contributed by atoms with Crippen LogP contribution in [0.1, 0.15) is 32.9 Å². The fraction of sp³-hybridized carbons (Fsp3) is 0.545. The molecule has 0 aliphatic carbocycles. The molecular weight excluding hydrogens is 226 g/mol. The number of nitrogens with zero attached hydrogens (tertiary/aromatic N) is 2. The molecule has 0 aromatic carbocycles. The van der Waals surface area contributed by atoms with Crippen molar-refractivity contribution in [3.63, 3.8) is 0 Å². The molecule has 0 saturated heterocycles. The van der Waals surface area contributed by atoms with Gasteiger partial charge in [0.25, 0.3) is 0 Å². The fourth-order valence-electron chi connectivity index (χ4n) is 1.23. The van der Waals surface area contributed by atoms with Gasteiger partial charge in [-0.05, 0) is 12.5 Å². The minimum Gasteiger partial charge on any atom is -0.368 e. The molecule has 88 valence electrons. The van der Waals surface area contributed by atoms with Crippen LogP contribution in [0.2, 0.25) is 5.15 Å². The van der Waals surface area contributed by atoms with Crippen molar-refractivity contribution in [2.75, 3.05) is 5.73 Å². The van der Waals surface area contributed by atoms with Gasteiger partial charge in [0.2, 0.25) is 5.95 Å². The number of ketones is 1. The number of anilines is 1. The number of nitrogens with two attached hydrogens (primary N) is 1. The van der Waals surface area contributed by atoms with Crippen molar-refractivity contribution in [1.82, 2.24) is 9.97 Å². The molecule has 1 aromatic heterocycles. The van der Waals surface area contributed by atoms with E-state index in [1.54, 1.807) is 6.07 Å². The number of carbonyl (C=O) groups excluding carboxylic acids is 1. The van der Waals surface area contributed by atoms with Crippen LogP contribution in [-0.4, -0.2) is 15.8 Å². The smallest absolute Gasteiger partial charge is 0.221 e. The van der Waals surface area contributed by atoms with Gasteiger partial charge in [-0.2, -0.15) is 0 Å². The van der Waals surface area contributed by atoms with E-state index < -0.39 is 0 Å². The largest absolute Gasteiger partial charge is 0.368 e. The van der Waals surface area contributed by atoms with E-state index >= 15 is 0 Å². The standard InChI is InChI=1S/C11H16ClN3O/c1-11(2,3)8(16)5-4-7-6-9(12)15-10(13)14-7/h6H,4-5H2,1-3H3,(H2,13,14,15). The Morgan fingerprint density at radius 1 is 1.44 bits per heavy atom. The Balaban J connectivity index is 2.65. The number of aromatic nitrogens is 2. The third-order valence-corrected chi connectivity index (χ3v) is 2.40. The van der Waals surface area contributed by atoms with Crippen LogP contribution < -0.4 is 5.73 Å². The number of halogens is 1. The van der Waals surface area contributed by atoms with Crippen molar-refractivity contribution >= 4 is 23.3 Å². The van der Waals surface area contributed by atoms with Crippen molar-refractivity contribution in [1.29, 1.82) is 0 Å². The molecule has 0 atom stereocenters. The van der Waals surface area contributed by atoms with E-state index in [0.717, 1.165) is 0 Å². The quantitative estimate of drug-likeness (QED) is 0.825. The molecule has 0 amide bonds. The molecule has 0 aliphatic heterocycles. The van der Waals surface area contributed by atoms with Crippen molar-refractivity contribution in [3.05, 3.63) is 16.9 Å². The number of hydrogen-bond donors (Lipinski definition) is 1. The predicted octanol–water partition coefficient (Wildman–Crippen LogP) is 2.26. The van der Waals surface area contributed by atoms with Gasteiger partial charge in [0.05, 0.1) is 0 Å². The summed E-state index contributed by atoms with van der Waals surface area (Å²) in [7, 11) is 0. The first-order chi connectivity index (χ1) is 7.29. The summed E-state index contributed by atoms with van der Waals surface area (Å²) in [4.78, 5) is 19.5. The van der Waals surface area contributed by atoms with Gasteiger partial charge in [-0.1, -0.05) is 32.4 Å². The first-order valence-electron chi connectivity index (χ1n) is 5.11. The second-order valence-corrected chi connectivity index (χ2v) is 5.10. The van der Waals surface area contributed by atoms with E-state index in [1.165, 1.54) is 0 Å². The van der Waals surface area contributed by atoms with Crippen LogP contribution in [0.15, 0.2) is 6.07 Å². The average Bonchev–Trinajstić information content (AvgIpc) is 2.11. The Morgan fingerprint density at radius 3 is 2.56 bits per heavy atom. The summed E-state index contributed by atoms with van der Waals surface area (Å²) in [5.74, 6) is 0.339. The molecule has 1 heterocycles. The van der Waals surface area contributed by atoms with Gasteiger partial charge in [0.1, 0.15) is 10.9 Å². The molecule has 4 nitrogen and oxygen atoms in total. The van der Waals surface area contributed by atoms with Gasteiger partial charge in [0.15, 0.2) is 0 Å². The van der Waals surface area contributed by atoms with Crippen LogP contribution in [-0.2, 0) is 11.2 Å². The lowest BCUT2D eigenvalue weighted by molar-refractivity contribution is -0.126. The van der Waals surface area contributed by atoms with E-state index in [2.05, 4.69) is 9.97 Å². The Morgan fingerprint density at radius 2 is 2.06 bits per heavy atom. The number of rotatable bonds is 3. The summed E-state index contributed by atoms with van der Waals surface area (Å²) in [6.45, 7) is 5.70. The second-order valence-electron chi connectivity index (χ2n) is 4.71. The first kappa shape index (κ1) is 12.9. The Labute approximate surface area is 100 Å². The highest BCUT2D eigenvalue weighted by atomic mass is 35.5. The molecule has 0 spiro atoms. The highest BCUT2D eigenvalue weighted by molar-refractivity contribution is 6.29. The summed E-state index contributed by atoms with van der Waals surface area (Å²) in [5.41, 5.74) is 5.85. The van der Waals surface area contributed by atoms with E-state index in [1.807, 2.05) is 20.8 Å². The lowest BCUT2D eigenvalue weighted by Gasteiger charge is -2.16. The summed E-state index contributed by atoms with van der Waals surface area (Å²) in [6, 6.07) is 1.63. The molecule has 0 bridgehead atoms. The van der Waals surface area contributed by atoms with E-state index in [4.69, 9.17) is 17.3 Å². The van der Waals surface area contributed by atoms with Gasteiger partial charge >= 0.3 is 0 Å². The lowest BCUT2D eigenvalue weighted by Crippen LogP contribution is -2.20. The molecule has 1 aromatic rings. The third-order valence-electron chi connectivity index (χ3n) is 2.21. The zero-order valence-electron chi connectivity index (χ0n) is 9.75. The molecule has 2 N–H and O–H groups in total. The maximum Gasteiger partial charge on any atom is 0.221 e. The Bertz CT molecular complexity index is 378. The summed E-state index contributed by atoms with van der Waals surface area (Å²) in [5, 5.41) is 0.311. The van der Waals surface area contributed by atoms with Crippen molar-refractivity contribution in [3.8, 4) is 0 Å². The highest BCUT2D eigenvalue weighted by Crippen LogP contribution is 2.18. The first-order valence-corrected chi connectivity index (χ1v) is 5.49. The molecule has 0 saturated carbocycles. The fourth-order valence-corrected chi connectivity index (χ4v) is 1.44. The number of hydrogen-bond acceptors (Lipinski definition) is 4. The SMILES string of the molecule is CC(C)(C)C(=O)CCc1cc(Cl)nc(N)n1. The molecule has 0 aliphatic rings. The molecule has 0 fully saturated rings. The minimum atomic E-state index is -0.317. The monoisotopic (exact) mass is 241 g/mol. The van der Waals surface area contributed by atoms with Gasteiger partial charge in [-0.25, -0.2) is 9.97 Å². The van der Waals surface area contributed by atoms with Gasteiger partial charge < -0.3 is 5.73 Å². The van der Waals surface area contributed by atoms with Crippen molar-refractivity contribution < 1.29 is 4.79 Å². The molecular formula is C11H16ClN3O. The topological polar surface area (TPSA) is 68.9 Å². The van der Waals surface area contributed by atoms with Crippen LogP contribution in [0.3, 0.4) is 0 Å². The number of nitrogen functional groups attached to an aromatic ring is 1. The number of aryl methyl sites for hydroxylation is 1. The molecule has 1 rings (SSSR count). The highest BCUT2D eigenvalue weighted by Gasteiger charge is 2.20. The van der Waals surface area contributed by atoms with Crippen molar-refractivity contribution in [2.45, 2.75) is 33.6 Å². The summed E-state index contributed by atoms with van der Waals surface area (Å²) >= 11 is 5.74. The summed E-state index contributed by atoms with van der Waals surface area (Å²) < 4.78 is 0. The lowest BCUT2D eigenvalue weighted by atomic mass is 9.88. The predicted molar refractivity (Wildman–Crippen MR) is 64.2 cm³/mol. The minimum absolute atomic E-state index is 0.144. The molecule has 0 radical (unpaired) electrons. The van der Waals surface area contributed by atoms with Crippen LogP contribution in [0.5, 0.6) is 0 Å². The molecule has 5 heteroatoms. The van der Waals surface area contributed by atoms with E-state index in [0.29, 0.717) is 23.7 Å². The Hall–Kier alpha value is -1.16. The van der Waals surface area contributed by atoms with Crippen LogP contribution >= 0.6 is 11.6 Å². The zero-order valence-corrected chi connectivity index (χ0v) is 10.5. The average molecular weight is 242 g/mol. The zero-order chi connectivity index (χ0) is 12.3. The van der Waals surface area contributed by atoms with E-state index in [-0.39, 0.29) is 17.1 Å². The van der Waals surface area contributed by atoms with Gasteiger partial charge in [0, 0.05) is 17.5 Å². The molecule has 16 heavy (non-hydrogen) atoms. The number of Topliss-reactive ketones (excluding diaryl/α,β-unsaturated/α-hetero) is 1. The van der Waals surface area contributed by atoms with Crippen LogP contribution in [0, 0.1) is 5.41 Å². The second kappa shape index (κ2) is 4.78. The van der Waals surface area contributed by atoms with Gasteiger partial charge in [-0.3, -0.25) is 4.79 Å². The van der Waals surface area contributed by atoms with E-state index in [9.17, 15) is 4.79 Å². The third kappa shape index (κ3) is 3.77. The maximum absolute atomic E-state index is 11.7. The molecule has 0 unspecified atom stereocenters. The van der Waals surface area contributed by atoms with Gasteiger partial charge in [-0.15, -0.1) is 0 Å². The van der Waals surface area contributed by atoms with Crippen molar-refractivity contribution in [2.24, 2.45) is 5.41 Å². The normalized spacial score (nSPS) is 11.5. The summed E-state index contributed by atoms with van der Waals surface area (Å²) in [6.07, 6.45) is 0.985. The maximum atomic E-state index is 11.7. The van der Waals surface area contributed by atoms with Crippen LogP contribution in [0.25, 0.3) is 0 Å². The number of carbonyl (C=O) groups is 1. The Kier molecular flexibility index (Phi) is 3.86.